The van der Waals surface area contributed by atoms with Crippen molar-refractivity contribution in [3.63, 3.8) is 0 Å². The van der Waals surface area contributed by atoms with Crippen LogP contribution in [-0.2, 0) is 6.54 Å². The van der Waals surface area contributed by atoms with Crippen LogP contribution in [0.1, 0.15) is 16.7 Å². The molecule has 0 saturated heterocycles. The zero-order chi connectivity index (χ0) is 19.1. The molecule has 0 aliphatic carbocycles. The molecule has 0 aliphatic rings. The number of anilines is 1. The molecule has 27 heavy (non-hydrogen) atoms. The van der Waals surface area contributed by atoms with Crippen molar-refractivity contribution in [1.29, 1.82) is 5.26 Å². The third kappa shape index (κ3) is 4.73. The number of carbonyl (C=O) groups is 1. The number of para-hydroxylation sites is 1. The zero-order valence-corrected chi connectivity index (χ0v) is 15.1. The number of rotatable bonds is 6. The van der Waals surface area contributed by atoms with Gasteiger partial charge in [-0.3, -0.25) is 0 Å². The van der Waals surface area contributed by atoms with E-state index in [1.807, 2.05) is 61.5 Å². The number of benzene rings is 2. The van der Waals surface area contributed by atoms with Crippen LogP contribution in [0.2, 0.25) is 0 Å². The maximum Gasteiger partial charge on any atom is 0.315 e. The van der Waals surface area contributed by atoms with E-state index in [-0.39, 0.29) is 6.03 Å². The normalized spacial score (nSPS) is 10.2. The van der Waals surface area contributed by atoms with Crippen molar-refractivity contribution in [2.75, 3.05) is 18.4 Å². The van der Waals surface area contributed by atoms with E-state index in [0.717, 1.165) is 22.0 Å². The van der Waals surface area contributed by atoms with Gasteiger partial charge in [0.1, 0.15) is 11.9 Å². The molecular weight excluding hydrogens is 338 g/mol. The summed E-state index contributed by atoms with van der Waals surface area (Å²) < 4.78 is 0. The van der Waals surface area contributed by atoms with Crippen molar-refractivity contribution in [2.45, 2.75) is 13.5 Å². The summed E-state index contributed by atoms with van der Waals surface area (Å²) in [5, 5.41) is 19.0. The summed E-state index contributed by atoms with van der Waals surface area (Å²) in [6.07, 6.45) is 0. The fraction of sp³-hybridized carbons (Fsp3) is 0.190. The van der Waals surface area contributed by atoms with E-state index in [2.05, 4.69) is 27.0 Å². The summed E-state index contributed by atoms with van der Waals surface area (Å²) >= 11 is 0. The Morgan fingerprint density at radius 2 is 1.89 bits per heavy atom. The summed E-state index contributed by atoms with van der Waals surface area (Å²) in [6.45, 7) is 3.35. The number of aromatic nitrogens is 1. The van der Waals surface area contributed by atoms with Crippen LogP contribution in [0.25, 0.3) is 10.9 Å². The van der Waals surface area contributed by atoms with Crippen molar-refractivity contribution in [1.82, 2.24) is 15.6 Å². The van der Waals surface area contributed by atoms with E-state index < -0.39 is 0 Å². The molecule has 0 saturated carbocycles. The molecule has 0 aliphatic heterocycles. The second-order valence-corrected chi connectivity index (χ2v) is 6.16. The predicted octanol–water partition coefficient (Wildman–Crippen LogP) is 3.33. The number of carbonyl (C=O) groups excluding carboxylic acids is 1. The molecule has 0 atom stereocenters. The van der Waals surface area contributed by atoms with E-state index in [4.69, 9.17) is 0 Å². The van der Waals surface area contributed by atoms with Crippen LogP contribution in [0.4, 0.5) is 10.6 Å². The molecule has 1 heterocycles. The van der Waals surface area contributed by atoms with Gasteiger partial charge in [-0.1, -0.05) is 48.5 Å². The third-order valence-electron chi connectivity index (χ3n) is 4.17. The maximum atomic E-state index is 11.9. The fourth-order valence-corrected chi connectivity index (χ4v) is 2.76. The minimum Gasteiger partial charge on any atom is -0.367 e. The molecule has 3 rings (SSSR count). The van der Waals surface area contributed by atoms with E-state index in [1.165, 1.54) is 0 Å². The van der Waals surface area contributed by atoms with Crippen molar-refractivity contribution in [3.8, 4) is 6.07 Å². The topological polar surface area (TPSA) is 89.8 Å². The Bertz CT molecular complexity index is 979. The number of aryl methyl sites for hydroxylation is 1. The number of pyridine rings is 1. The van der Waals surface area contributed by atoms with E-state index in [0.29, 0.717) is 31.0 Å². The van der Waals surface area contributed by atoms with Gasteiger partial charge in [0.05, 0.1) is 11.1 Å². The van der Waals surface area contributed by atoms with Gasteiger partial charge in [0, 0.05) is 25.0 Å². The van der Waals surface area contributed by atoms with E-state index in [9.17, 15) is 10.1 Å². The molecule has 0 unspecified atom stereocenters. The molecule has 6 nitrogen and oxygen atoms in total. The standard InChI is InChI=1S/C21H21N5O/c1-15-6-5-9-17-12-18(13-22)20(26-19(15)17)23-10-11-24-21(27)25-14-16-7-3-2-4-8-16/h2-9,12H,10-11,14H2,1H3,(H,23,26)(H2,24,25,27). The van der Waals surface area contributed by atoms with Crippen LogP contribution in [0.3, 0.4) is 0 Å². The quantitative estimate of drug-likeness (QED) is 0.589. The van der Waals surface area contributed by atoms with Gasteiger partial charge in [0.25, 0.3) is 0 Å². The van der Waals surface area contributed by atoms with Gasteiger partial charge in [-0.15, -0.1) is 0 Å². The first kappa shape index (κ1) is 18.2. The lowest BCUT2D eigenvalue weighted by atomic mass is 10.1. The summed E-state index contributed by atoms with van der Waals surface area (Å²) in [6, 6.07) is 19.4. The van der Waals surface area contributed by atoms with Crippen LogP contribution < -0.4 is 16.0 Å². The number of nitrogens with one attached hydrogen (secondary N) is 3. The van der Waals surface area contributed by atoms with Gasteiger partial charge in [-0.05, 0) is 24.1 Å². The van der Waals surface area contributed by atoms with Gasteiger partial charge in [0.15, 0.2) is 0 Å². The lowest BCUT2D eigenvalue weighted by Crippen LogP contribution is -2.37. The smallest absolute Gasteiger partial charge is 0.315 e. The van der Waals surface area contributed by atoms with Crippen LogP contribution >= 0.6 is 0 Å². The van der Waals surface area contributed by atoms with Gasteiger partial charge in [-0.2, -0.15) is 5.26 Å². The number of amides is 2. The minimum atomic E-state index is -0.233. The van der Waals surface area contributed by atoms with Crippen LogP contribution in [0.15, 0.2) is 54.6 Å². The second kappa shape index (κ2) is 8.68. The predicted molar refractivity (Wildman–Crippen MR) is 106 cm³/mol. The molecule has 3 aromatic rings. The van der Waals surface area contributed by atoms with Gasteiger partial charge >= 0.3 is 6.03 Å². The summed E-state index contributed by atoms with van der Waals surface area (Å²) in [5.41, 5.74) is 3.45. The number of fused-ring (bicyclic) bond motifs is 1. The first-order valence-corrected chi connectivity index (χ1v) is 8.77. The average molecular weight is 359 g/mol. The molecule has 2 amide bonds. The van der Waals surface area contributed by atoms with Crippen LogP contribution in [0, 0.1) is 18.3 Å². The lowest BCUT2D eigenvalue weighted by molar-refractivity contribution is 0.241. The second-order valence-electron chi connectivity index (χ2n) is 6.16. The Hall–Kier alpha value is -3.59. The molecule has 0 bridgehead atoms. The molecule has 3 N–H and O–H groups in total. The minimum absolute atomic E-state index is 0.233. The SMILES string of the molecule is Cc1cccc2cc(C#N)c(NCCNC(=O)NCc3ccccc3)nc12. The summed E-state index contributed by atoms with van der Waals surface area (Å²) in [4.78, 5) is 16.4. The molecule has 0 fully saturated rings. The van der Waals surface area contributed by atoms with Crippen molar-refractivity contribution < 1.29 is 4.79 Å². The molecule has 1 aromatic heterocycles. The van der Waals surface area contributed by atoms with Crippen molar-refractivity contribution in [2.24, 2.45) is 0 Å². The largest absolute Gasteiger partial charge is 0.367 e. The number of hydrogen-bond acceptors (Lipinski definition) is 4. The highest BCUT2D eigenvalue weighted by atomic mass is 16.2. The molecular formula is C21H21N5O. The van der Waals surface area contributed by atoms with Gasteiger partial charge in [0.2, 0.25) is 0 Å². The summed E-state index contributed by atoms with van der Waals surface area (Å²) in [5.74, 6) is 0.533. The third-order valence-corrected chi connectivity index (χ3v) is 4.17. The summed E-state index contributed by atoms with van der Waals surface area (Å²) in [7, 11) is 0. The molecule has 2 aromatic carbocycles. The van der Waals surface area contributed by atoms with Gasteiger partial charge < -0.3 is 16.0 Å². The Morgan fingerprint density at radius 1 is 1.07 bits per heavy atom. The Labute approximate surface area is 158 Å². The number of urea groups is 1. The van der Waals surface area contributed by atoms with Gasteiger partial charge in [-0.25, -0.2) is 9.78 Å². The average Bonchev–Trinajstić information content (AvgIpc) is 2.70. The Morgan fingerprint density at radius 3 is 2.67 bits per heavy atom. The maximum absolute atomic E-state index is 11.9. The number of nitriles is 1. The fourth-order valence-electron chi connectivity index (χ4n) is 2.76. The number of hydrogen-bond donors (Lipinski definition) is 3. The Kier molecular flexibility index (Phi) is 5.85. The zero-order valence-electron chi connectivity index (χ0n) is 15.1. The van der Waals surface area contributed by atoms with Crippen LogP contribution in [-0.4, -0.2) is 24.1 Å². The van der Waals surface area contributed by atoms with E-state index >= 15 is 0 Å². The molecule has 136 valence electrons. The number of nitrogens with zero attached hydrogens (tertiary/aromatic N) is 2. The first-order valence-electron chi connectivity index (χ1n) is 8.77. The first-order chi connectivity index (χ1) is 13.2. The molecule has 0 spiro atoms. The van der Waals surface area contributed by atoms with Crippen molar-refractivity contribution >= 4 is 22.8 Å². The van der Waals surface area contributed by atoms with Crippen molar-refractivity contribution in [3.05, 3.63) is 71.3 Å². The lowest BCUT2D eigenvalue weighted by Gasteiger charge is -2.11. The Balaban J connectivity index is 1.52. The highest BCUT2D eigenvalue weighted by Crippen LogP contribution is 2.22. The molecule has 0 radical (unpaired) electrons. The highest BCUT2D eigenvalue weighted by Gasteiger charge is 2.08. The highest BCUT2D eigenvalue weighted by molar-refractivity contribution is 5.85. The van der Waals surface area contributed by atoms with E-state index in [1.54, 1.807) is 0 Å². The van der Waals surface area contributed by atoms with Crippen LogP contribution in [0.5, 0.6) is 0 Å². The molecule has 6 heteroatoms. The monoisotopic (exact) mass is 359 g/mol.